The van der Waals surface area contributed by atoms with Gasteiger partial charge in [0.05, 0.1) is 24.5 Å². The summed E-state index contributed by atoms with van der Waals surface area (Å²) in [7, 11) is -3.27. The first-order valence-corrected chi connectivity index (χ1v) is 13.3. The molecule has 198 valence electrons. The molecule has 13 heteroatoms. The topological polar surface area (TPSA) is 152 Å². The van der Waals surface area contributed by atoms with Crippen LogP contribution >= 0.6 is 12.4 Å². The van der Waals surface area contributed by atoms with E-state index in [-0.39, 0.29) is 30.6 Å². The van der Waals surface area contributed by atoms with Crippen LogP contribution in [-0.4, -0.2) is 62.9 Å². The molecule has 2 heterocycles. The van der Waals surface area contributed by atoms with Crippen molar-refractivity contribution in [2.75, 3.05) is 48.0 Å². The van der Waals surface area contributed by atoms with E-state index < -0.39 is 15.9 Å². The lowest BCUT2D eigenvalue weighted by atomic mass is 10.2. The van der Waals surface area contributed by atoms with Gasteiger partial charge in [-0.3, -0.25) is 4.79 Å². The molecule has 37 heavy (non-hydrogen) atoms. The van der Waals surface area contributed by atoms with Gasteiger partial charge in [0.1, 0.15) is 5.82 Å². The van der Waals surface area contributed by atoms with Crippen molar-refractivity contribution in [1.82, 2.24) is 14.7 Å². The zero-order valence-corrected chi connectivity index (χ0v) is 21.9. The van der Waals surface area contributed by atoms with Gasteiger partial charge in [0, 0.05) is 43.8 Å². The molecule has 3 aromatic rings. The normalized spacial score (nSPS) is 15.5. The molecular formula is C24H30ClN7O4S. The van der Waals surface area contributed by atoms with Gasteiger partial charge < -0.3 is 26.0 Å². The number of anilines is 4. The Morgan fingerprint density at radius 2 is 1.89 bits per heavy atom. The van der Waals surface area contributed by atoms with Crippen molar-refractivity contribution in [2.45, 2.75) is 12.6 Å². The van der Waals surface area contributed by atoms with Gasteiger partial charge in [0.2, 0.25) is 16.0 Å². The fraction of sp³-hybridized carbons (Fsp3) is 0.292. The van der Waals surface area contributed by atoms with E-state index in [1.54, 1.807) is 0 Å². The second kappa shape index (κ2) is 12.7. The number of carbonyl (C=O) groups is 1. The van der Waals surface area contributed by atoms with Gasteiger partial charge >= 0.3 is 0 Å². The van der Waals surface area contributed by atoms with Crippen LogP contribution in [0.15, 0.2) is 60.8 Å². The Labute approximate surface area is 222 Å². The zero-order chi connectivity index (χ0) is 25.5. The molecule has 1 aromatic heterocycles. The maximum absolute atomic E-state index is 11.8. The molecular weight excluding hydrogens is 518 g/mol. The van der Waals surface area contributed by atoms with Crippen molar-refractivity contribution in [3.63, 3.8) is 0 Å². The summed E-state index contributed by atoms with van der Waals surface area (Å²) in [6, 6.07) is 17.5. The molecule has 0 bridgehead atoms. The number of morpholine rings is 1. The number of hydrogen-bond acceptors (Lipinski definition) is 9. The van der Waals surface area contributed by atoms with Crippen LogP contribution in [0.5, 0.6) is 0 Å². The Bertz CT molecular complexity index is 1290. The zero-order valence-electron chi connectivity index (χ0n) is 20.3. The number of aromatic nitrogens is 2. The maximum atomic E-state index is 11.8. The summed E-state index contributed by atoms with van der Waals surface area (Å²) in [6.45, 7) is 2.50. The van der Waals surface area contributed by atoms with E-state index in [0.29, 0.717) is 38.0 Å². The van der Waals surface area contributed by atoms with E-state index in [9.17, 15) is 13.2 Å². The van der Waals surface area contributed by atoms with Crippen molar-refractivity contribution < 1.29 is 17.9 Å². The number of nitrogens with zero attached hydrogens (tertiary/aromatic N) is 3. The molecule has 1 fully saturated rings. The highest BCUT2D eigenvalue weighted by molar-refractivity contribution is 7.88. The quantitative estimate of drug-likeness (QED) is 0.299. The largest absolute Gasteiger partial charge is 0.373 e. The van der Waals surface area contributed by atoms with Crippen LogP contribution in [0.1, 0.15) is 15.9 Å². The summed E-state index contributed by atoms with van der Waals surface area (Å²) < 4.78 is 30.9. The first kappa shape index (κ1) is 28.1. The van der Waals surface area contributed by atoms with E-state index in [1.165, 1.54) is 6.20 Å². The van der Waals surface area contributed by atoms with Gasteiger partial charge in [-0.2, -0.15) is 4.98 Å². The Kier molecular flexibility index (Phi) is 9.64. The van der Waals surface area contributed by atoms with Crippen LogP contribution in [-0.2, 0) is 21.3 Å². The monoisotopic (exact) mass is 547 g/mol. The molecule has 0 saturated carbocycles. The molecule has 1 unspecified atom stereocenters. The predicted molar refractivity (Wildman–Crippen MR) is 146 cm³/mol. The van der Waals surface area contributed by atoms with Crippen LogP contribution in [0.3, 0.4) is 0 Å². The molecule has 2 aromatic carbocycles. The summed E-state index contributed by atoms with van der Waals surface area (Å²) in [5, 5.41) is 6.31. The summed E-state index contributed by atoms with van der Waals surface area (Å²) >= 11 is 0. The van der Waals surface area contributed by atoms with E-state index in [0.717, 1.165) is 23.2 Å². The van der Waals surface area contributed by atoms with Crippen LogP contribution in [0.2, 0.25) is 0 Å². The third-order valence-electron chi connectivity index (χ3n) is 5.56. The molecule has 1 amide bonds. The maximum Gasteiger partial charge on any atom is 0.254 e. The average Bonchev–Trinajstić information content (AvgIpc) is 2.87. The minimum Gasteiger partial charge on any atom is -0.373 e. The third kappa shape index (κ3) is 8.29. The Morgan fingerprint density at radius 3 is 2.57 bits per heavy atom. The Hall–Kier alpha value is -3.45. The molecule has 0 radical (unpaired) electrons. The highest BCUT2D eigenvalue weighted by atomic mass is 35.5. The van der Waals surface area contributed by atoms with Gasteiger partial charge in [-0.25, -0.2) is 18.1 Å². The molecule has 0 aliphatic carbocycles. The number of amides is 1. The number of primary amides is 1. The highest BCUT2D eigenvalue weighted by Crippen LogP contribution is 2.23. The number of carbonyl (C=O) groups excluding carboxylic acids is 1. The molecule has 0 spiro atoms. The lowest BCUT2D eigenvalue weighted by Gasteiger charge is -2.34. The number of nitrogens with one attached hydrogen (secondary N) is 3. The molecule has 5 N–H and O–H groups in total. The predicted octanol–water partition coefficient (Wildman–Crippen LogP) is 2.11. The molecule has 1 aliphatic rings. The van der Waals surface area contributed by atoms with Gasteiger partial charge in [0.15, 0.2) is 0 Å². The van der Waals surface area contributed by atoms with Crippen LogP contribution in [0.4, 0.5) is 23.1 Å². The summed E-state index contributed by atoms with van der Waals surface area (Å²) in [4.78, 5) is 22.7. The number of ether oxygens (including phenoxy) is 1. The standard InChI is InChI=1S/C24H29N7O4S.ClH/c1-36(33,34)28-14-20-16-31(11-12-35-20)19-9-7-18(8-10-19)29-24-27-15-21(22(25)32)23(30-24)26-13-17-5-3-2-4-6-17;/h2-10,15,20,28H,11-14,16H2,1H3,(H2,25,32)(H2,26,27,29,30);1H. The Morgan fingerprint density at radius 1 is 1.16 bits per heavy atom. The van der Waals surface area contributed by atoms with Crippen molar-refractivity contribution in [3.05, 3.63) is 71.9 Å². The van der Waals surface area contributed by atoms with Crippen LogP contribution in [0.25, 0.3) is 0 Å². The fourth-order valence-electron chi connectivity index (χ4n) is 3.75. The Balaban J connectivity index is 0.00000380. The minimum atomic E-state index is -3.27. The van der Waals surface area contributed by atoms with Crippen molar-refractivity contribution in [3.8, 4) is 0 Å². The van der Waals surface area contributed by atoms with Gasteiger partial charge in [-0.15, -0.1) is 12.4 Å². The van der Waals surface area contributed by atoms with Crippen molar-refractivity contribution in [2.24, 2.45) is 5.73 Å². The van der Waals surface area contributed by atoms with Gasteiger partial charge in [0.25, 0.3) is 5.91 Å². The van der Waals surface area contributed by atoms with E-state index in [4.69, 9.17) is 10.5 Å². The second-order valence-electron chi connectivity index (χ2n) is 8.39. The number of rotatable bonds is 10. The van der Waals surface area contributed by atoms with Crippen molar-refractivity contribution in [1.29, 1.82) is 0 Å². The minimum absolute atomic E-state index is 0. The number of benzene rings is 2. The smallest absolute Gasteiger partial charge is 0.254 e. The van der Waals surface area contributed by atoms with Gasteiger partial charge in [-0.1, -0.05) is 30.3 Å². The van der Waals surface area contributed by atoms with Crippen molar-refractivity contribution >= 4 is 51.5 Å². The molecule has 1 saturated heterocycles. The second-order valence-corrected chi connectivity index (χ2v) is 10.2. The molecule has 1 aliphatic heterocycles. The van der Waals surface area contributed by atoms with Gasteiger partial charge in [-0.05, 0) is 29.8 Å². The lowest BCUT2D eigenvalue weighted by molar-refractivity contribution is 0.0443. The number of hydrogen-bond donors (Lipinski definition) is 4. The molecule has 11 nitrogen and oxygen atoms in total. The first-order valence-electron chi connectivity index (χ1n) is 11.4. The third-order valence-corrected chi connectivity index (χ3v) is 6.25. The average molecular weight is 548 g/mol. The first-order chi connectivity index (χ1) is 17.3. The number of sulfonamides is 1. The fourth-order valence-corrected chi connectivity index (χ4v) is 4.23. The van der Waals surface area contributed by atoms with E-state index >= 15 is 0 Å². The summed E-state index contributed by atoms with van der Waals surface area (Å²) in [5.41, 5.74) is 8.50. The highest BCUT2D eigenvalue weighted by Gasteiger charge is 2.22. The lowest BCUT2D eigenvalue weighted by Crippen LogP contribution is -2.47. The molecule has 4 rings (SSSR count). The summed E-state index contributed by atoms with van der Waals surface area (Å²) in [6.07, 6.45) is 2.30. The van der Waals surface area contributed by atoms with Crippen LogP contribution < -0.4 is 26.0 Å². The summed E-state index contributed by atoms with van der Waals surface area (Å²) in [5.74, 6) is 0.0566. The SMILES string of the molecule is CS(=O)(=O)NCC1CN(c2ccc(Nc3ncc(C(N)=O)c(NCc4ccccc4)n3)cc2)CCO1.Cl. The molecule has 1 atom stereocenters. The van der Waals surface area contributed by atoms with E-state index in [2.05, 4.69) is 30.2 Å². The van der Waals surface area contributed by atoms with E-state index in [1.807, 2.05) is 54.6 Å². The number of nitrogens with two attached hydrogens (primary N) is 1. The number of halogens is 1. The van der Waals surface area contributed by atoms with Crippen LogP contribution in [0, 0.1) is 0 Å².